The third-order valence-electron chi connectivity index (χ3n) is 2.25. The average molecular weight is 230 g/mol. The minimum Gasteiger partial charge on any atom is -0.463 e. The van der Waals surface area contributed by atoms with Crippen LogP contribution in [0.25, 0.3) is 0 Å². The second kappa shape index (κ2) is 4.38. The topological polar surface area (TPSA) is 88.1 Å². The number of carbonyl (C=O) groups is 3. The van der Waals surface area contributed by atoms with Crippen molar-refractivity contribution in [1.82, 2.24) is 0 Å². The van der Waals surface area contributed by atoms with Crippen LogP contribution in [0.1, 0.15) is 12.8 Å². The van der Waals surface area contributed by atoms with E-state index >= 15 is 0 Å². The molecule has 16 heavy (non-hydrogen) atoms. The van der Waals surface area contributed by atoms with Crippen molar-refractivity contribution in [3.05, 3.63) is 0 Å². The van der Waals surface area contributed by atoms with Gasteiger partial charge in [-0.25, -0.2) is 14.4 Å². The number of carbonyl (C=O) groups excluding carboxylic acids is 3. The summed E-state index contributed by atoms with van der Waals surface area (Å²) in [7, 11) is 0. The second-order valence-electron chi connectivity index (χ2n) is 3.38. The fraction of sp³-hybridized carbons (Fsp3) is 0.667. The fourth-order valence-corrected chi connectivity index (χ4v) is 1.43. The second-order valence-corrected chi connectivity index (χ2v) is 3.38. The molecule has 0 saturated carbocycles. The molecule has 0 bridgehead atoms. The number of cyclic esters (lactones) is 2. The van der Waals surface area contributed by atoms with Gasteiger partial charge in [-0.1, -0.05) is 0 Å². The molecule has 2 aliphatic rings. The van der Waals surface area contributed by atoms with Gasteiger partial charge in [-0.3, -0.25) is 0 Å². The van der Waals surface area contributed by atoms with Gasteiger partial charge in [-0.2, -0.15) is 0 Å². The highest BCUT2D eigenvalue weighted by atomic mass is 16.7. The molecule has 2 saturated heterocycles. The van der Waals surface area contributed by atoms with E-state index in [4.69, 9.17) is 9.47 Å². The van der Waals surface area contributed by atoms with Gasteiger partial charge in [0.15, 0.2) is 0 Å². The Bertz CT molecular complexity index is 294. The van der Waals surface area contributed by atoms with Crippen molar-refractivity contribution in [1.29, 1.82) is 0 Å². The smallest absolute Gasteiger partial charge is 0.463 e. The highest BCUT2D eigenvalue weighted by Crippen LogP contribution is 2.14. The number of esters is 2. The van der Waals surface area contributed by atoms with E-state index in [2.05, 4.69) is 9.47 Å². The molecule has 0 aliphatic carbocycles. The zero-order valence-corrected chi connectivity index (χ0v) is 8.34. The van der Waals surface area contributed by atoms with Gasteiger partial charge in [0.25, 0.3) is 0 Å². The summed E-state index contributed by atoms with van der Waals surface area (Å²) in [5.74, 6) is -1.18. The monoisotopic (exact) mass is 230 g/mol. The summed E-state index contributed by atoms with van der Waals surface area (Å²) in [4.78, 5) is 33.1. The van der Waals surface area contributed by atoms with Gasteiger partial charge in [0.2, 0.25) is 12.2 Å². The van der Waals surface area contributed by atoms with Crippen LogP contribution in [-0.2, 0) is 28.5 Å². The maximum Gasteiger partial charge on any atom is 0.509 e. The first-order valence-corrected chi connectivity index (χ1v) is 4.87. The SMILES string of the molecule is O=C(OC1CCOC1=O)OC1CCOC1=O. The number of hydrogen-bond donors (Lipinski definition) is 0. The van der Waals surface area contributed by atoms with Crippen molar-refractivity contribution < 1.29 is 33.3 Å². The molecule has 2 aliphatic heterocycles. The number of rotatable bonds is 2. The summed E-state index contributed by atoms with van der Waals surface area (Å²) in [6.45, 7) is 0.449. The molecule has 7 nitrogen and oxygen atoms in total. The minimum atomic E-state index is -1.05. The third-order valence-corrected chi connectivity index (χ3v) is 2.25. The van der Waals surface area contributed by atoms with Gasteiger partial charge in [0, 0.05) is 12.8 Å². The molecule has 2 heterocycles. The van der Waals surface area contributed by atoms with Crippen LogP contribution in [-0.4, -0.2) is 43.5 Å². The standard InChI is InChI=1S/C9H10O7/c10-7-5(1-3-13-7)15-9(12)16-6-2-4-14-8(6)11/h5-6H,1-4H2. The van der Waals surface area contributed by atoms with Gasteiger partial charge in [0.1, 0.15) is 0 Å². The summed E-state index contributed by atoms with van der Waals surface area (Å²) in [6.07, 6.45) is -2.28. The molecule has 0 aromatic heterocycles. The third kappa shape index (κ3) is 2.23. The van der Waals surface area contributed by atoms with Crippen molar-refractivity contribution in [3.63, 3.8) is 0 Å². The summed E-state index contributed by atoms with van der Waals surface area (Å²) in [5, 5.41) is 0. The van der Waals surface area contributed by atoms with Crippen LogP contribution in [0.3, 0.4) is 0 Å². The van der Waals surface area contributed by atoms with E-state index in [0.717, 1.165) is 0 Å². The van der Waals surface area contributed by atoms with E-state index in [1.807, 2.05) is 0 Å². The largest absolute Gasteiger partial charge is 0.509 e. The van der Waals surface area contributed by atoms with E-state index in [-0.39, 0.29) is 13.2 Å². The van der Waals surface area contributed by atoms with Crippen LogP contribution < -0.4 is 0 Å². The molecule has 0 amide bonds. The molecule has 2 unspecified atom stereocenters. The Morgan fingerprint density at radius 3 is 1.75 bits per heavy atom. The Kier molecular flexibility index (Phi) is 2.93. The Morgan fingerprint density at radius 2 is 1.44 bits per heavy atom. The van der Waals surface area contributed by atoms with E-state index in [1.165, 1.54) is 0 Å². The Hall–Kier alpha value is -1.79. The predicted octanol–water partition coefficient (Wildman–Crippen LogP) is -0.229. The zero-order chi connectivity index (χ0) is 11.5. The Balaban J connectivity index is 1.79. The first kappa shape index (κ1) is 10.7. The highest BCUT2D eigenvalue weighted by Gasteiger charge is 2.35. The van der Waals surface area contributed by atoms with Crippen molar-refractivity contribution in [2.75, 3.05) is 13.2 Å². The van der Waals surface area contributed by atoms with E-state index in [1.54, 1.807) is 0 Å². The van der Waals surface area contributed by atoms with Gasteiger partial charge in [0.05, 0.1) is 13.2 Å². The lowest BCUT2D eigenvalue weighted by Gasteiger charge is -2.10. The van der Waals surface area contributed by atoms with E-state index in [0.29, 0.717) is 12.8 Å². The van der Waals surface area contributed by atoms with Gasteiger partial charge < -0.3 is 18.9 Å². The zero-order valence-electron chi connectivity index (χ0n) is 8.34. The minimum absolute atomic E-state index is 0.224. The van der Waals surface area contributed by atoms with Crippen LogP contribution >= 0.6 is 0 Å². The maximum absolute atomic E-state index is 11.2. The van der Waals surface area contributed by atoms with Gasteiger partial charge in [-0.05, 0) is 0 Å². The van der Waals surface area contributed by atoms with E-state index in [9.17, 15) is 14.4 Å². The van der Waals surface area contributed by atoms with Crippen molar-refractivity contribution in [2.45, 2.75) is 25.0 Å². The molecule has 2 fully saturated rings. The van der Waals surface area contributed by atoms with E-state index < -0.39 is 30.3 Å². The van der Waals surface area contributed by atoms with Crippen LogP contribution in [0.15, 0.2) is 0 Å². The molecule has 2 atom stereocenters. The first-order valence-electron chi connectivity index (χ1n) is 4.87. The summed E-state index contributed by atoms with van der Waals surface area (Å²) in [6, 6.07) is 0. The van der Waals surface area contributed by atoms with Crippen molar-refractivity contribution in [2.24, 2.45) is 0 Å². The maximum atomic E-state index is 11.2. The molecule has 7 heteroatoms. The lowest BCUT2D eigenvalue weighted by atomic mass is 10.3. The number of ether oxygens (including phenoxy) is 4. The molecule has 88 valence electrons. The molecule has 0 spiro atoms. The first-order chi connectivity index (χ1) is 7.66. The quantitative estimate of drug-likeness (QED) is 0.478. The Labute approximate surface area is 90.6 Å². The van der Waals surface area contributed by atoms with Crippen LogP contribution in [0.5, 0.6) is 0 Å². The lowest BCUT2D eigenvalue weighted by molar-refractivity contribution is -0.148. The average Bonchev–Trinajstić information content (AvgIpc) is 2.79. The van der Waals surface area contributed by atoms with Gasteiger partial charge >= 0.3 is 18.1 Å². The van der Waals surface area contributed by atoms with Crippen LogP contribution in [0, 0.1) is 0 Å². The number of hydrogen-bond acceptors (Lipinski definition) is 7. The van der Waals surface area contributed by atoms with Crippen molar-refractivity contribution in [3.8, 4) is 0 Å². The molecule has 0 aromatic rings. The van der Waals surface area contributed by atoms with Gasteiger partial charge in [-0.15, -0.1) is 0 Å². The van der Waals surface area contributed by atoms with Crippen LogP contribution in [0.4, 0.5) is 4.79 Å². The predicted molar refractivity (Wildman–Crippen MR) is 46.3 cm³/mol. The molecule has 0 radical (unpaired) electrons. The van der Waals surface area contributed by atoms with Crippen molar-refractivity contribution >= 4 is 18.1 Å². The Morgan fingerprint density at radius 1 is 1.00 bits per heavy atom. The lowest BCUT2D eigenvalue weighted by Crippen LogP contribution is -2.28. The molecular weight excluding hydrogens is 220 g/mol. The molecule has 0 N–H and O–H groups in total. The molecule has 2 rings (SSSR count). The fourth-order valence-electron chi connectivity index (χ4n) is 1.43. The highest BCUT2D eigenvalue weighted by molar-refractivity contribution is 5.81. The summed E-state index contributed by atoms with van der Waals surface area (Å²) in [5.41, 5.74) is 0. The molecule has 0 aromatic carbocycles. The normalized spacial score (nSPS) is 28.5. The van der Waals surface area contributed by atoms with Crippen LogP contribution in [0.2, 0.25) is 0 Å². The molecular formula is C9H10O7. The summed E-state index contributed by atoms with van der Waals surface area (Å²) >= 11 is 0. The summed E-state index contributed by atoms with van der Waals surface area (Å²) < 4.78 is 18.6.